The van der Waals surface area contributed by atoms with Crippen LogP contribution in [0.3, 0.4) is 0 Å². The summed E-state index contributed by atoms with van der Waals surface area (Å²) in [5.41, 5.74) is -1.32. The number of rotatable bonds is 4. The van der Waals surface area contributed by atoms with Crippen LogP contribution in [0.25, 0.3) is 0 Å². The Morgan fingerprint density at radius 2 is 1.95 bits per heavy atom. The molecule has 0 fully saturated rings. The number of benzene rings is 1. The van der Waals surface area contributed by atoms with Gasteiger partial charge in [0, 0.05) is 4.47 Å². The van der Waals surface area contributed by atoms with Crippen LogP contribution in [0.1, 0.15) is 0 Å². The minimum Gasteiger partial charge on any atom is -0.465 e. The quantitative estimate of drug-likeness (QED) is 0.354. The monoisotopic (exact) mass is 351 g/mol. The van der Waals surface area contributed by atoms with E-state index < -0.39 is 22.6 Å². The molecule has 0 bridgehead atoms. The second-order valence-corrected chi connectivity index (χ2v) is 4.80. The van der Waals surface area contributed by atoms with Crippen molar-refractivity contribution in [3.05, 3.63) is 40.9 Å². The lowest BCUT2D eigenvalue weighted by Gasteiger charge is -2.13. The van der Waals surface area contributed by atoms with E-state index in [-0.39, 0.29) is 5.69 Å². The molecule has 0 aliphatic carbocycles. The normalized spacial score (nSPS) is 12.2. The molecule has 0 amide bonds. The topological polar surface area (TPSA) is 38.7 Å². The smallest absolute Gasteiger partial charge is 0.365 e. The minimum atomic E-state index is -3.82. The molecule has 0 spiro atoms. The molecule has 3 nitrogen and oxygen atoms in total. The number of nitrogens with zero attached hydrogens (tertiary/aromatic N) is 1. The fraction of sp³-hybridized carbons (Fsp3) is 0.167. The second kappa shape index (κ2) is 6.25. The van der Waals surface area contributed by atoms with E-state index in [0.717, 1.165) is 11.6 Å². The molecule has 0 heterocycles. The number of esters is 1. The lowest BCUT2D eigenvalue weighted by Crippen LogP contribution is -2.27. The van der Waals surface area contributed by atoms with E-state index in [0.29, 0.717) is 0 Å². The molecule has 102 valence electrons. The molecule has 0 aliphatic rings. The van der Waals surface area contributed by atoms with E-state index >= 15 is 0 Å². The molecule has 19 heavy (non-hydrogen) atoms. The summed E-state index contributed by atoms with van der Waals surface area (Å²) in [5, 5.41) is -3.82. The Kier molecular flexibility index (Phi) is 5.20. The minimum absolute atomic E-state index is 0.212. The molecule has 1 aromatic rings. The van der Waals surface area contributed by atoms with Gasteiger partial charge in [0.15, 0.2) is 0 Å². The van der Waals surface area contributed by atoms with Gasteiger partial charge in [0.05, 0.1) is 18.4 Å². The van der Waals surface area contributed by atoms with Crippen molar-refractivity contribution in [3.8, 4) is 0 Å². The molecule has 1 aromatic carbocycles. The van der Waals surface area contributed by atoms with Crippen molar-refractivity contribution in [2.45, 2.75) is 5.38 Å². The molecule has 0 radical (unpaired) electrons. The number of halogens is 4. The average Bonchev–Trinajstić information content (AvgIpc) is 2.35. The van der Waals surface area contributed by atoms with Gasteiger partial charge < -0.3 is 4.74 Å². The summed E-state index contributed by atoms with van der Waals surface area (Å²) in [6, 6.07) is 6.20. The highest BCUT2D eigenvalue weighted by Gasteiger charge is 2.37. The van der Waals surface area contributed by atoms with Crippen LogP contribution in [0.5, 0.6) is 0 Å². The summed E-state index contributed by atoms with van der Waals surface area (Å²) in [5.74, 6) is -1.02. The highest BCUT2D eigenvalue weighted by Crippen LogP contribution is 2.28. The first-order valence-corrected chi connectivity index (χ1v) is 6.12. The van der Waals surface area contributed by atoms with Crippen LogP contribution in [0.4, 0.5) is 14.5 Å². The zero-order chi connectivity index (χ0) is 14.6. The number of carbonyl (C=O) groups excluding carboxylic acids is 1. The molecule has 7 heteroatoms. The maximum absolute atomic E-state index is 13.3. The van der Waals surface area contributed by atoms with Crippen LogP contribution >= 0.6 is 27.5 Å². The van der Waals surface area contributed by atoms with E-state index in [4.69, 9.17) is 11.6 Å². The Bertz CT molecular complexity index is 524. The lowest BCUT2D eigenvalue weighted by atomic mass is 10.2. The second-order valence-electron chi connectivity index (χ2n) is 3.40. The van der Waals surface area contributed by atoms with Crippen molar-refractivity contribution >= 4 is 44.9 Å². The maximum atomic E-state index is 13.3. The molecule has 1 rings (SSSR count). The summed E-state index contributed by atoms with van der Waals surface area (Å²) in [6.07, 6.45) is 0. The van der Waals surface area contributed by atoms with Gasteiger partial charge in [0.1, 0.15) is 5.71 Å². The first-order chi connectivity index (χ1) is 8.75. The third-order valence-corrected chi connectivity index (χ3v) is 2.76. The van der Waals surface area contributed by atoms with Crippen molar-refractivity contribution in [3.63, 3.8) is 0 Å². The van der Waals surface area contributed by atoms with Gasteiger partial charge >= 0.3 is 11.4 Å². The van der Waals surface area contributed by atoms with Gasteiger partial charge in [-0.2, -0.15) is 8.78 Å². The number of alkyl halides is 3. The van der Waals surface area contributed by atoms with Crippen LogP contribution in [0.2, 0.25) is 0 Å². The third-order valence-electron chi connectivity index (χ3n) is 2.05. The maximum Gasteiger partial charge on any atom is 0.365 e. The Morgan fingerprint density at radius 1 is 1.42 bits per heavy atom. The first kappa shape index (κ1) is 15.8. The fourth-order valence-corrected chi connectivity index (χ4v) is 1.59. The number of ether oxygens (including phenoxy) is 1. The highest BCUT2D eigenvalue weighted by molar-refractivity contribution is 9.10. The van der Waals surface area contributed by atoms with Gasteiger partial charge in [-0.3, -0.25) is 0 Å². The van der Waals surface area contributed by atoms with Gasteiger partial charge in [-0.25, -0.2) is 9.79 Å². The Hall–Kier alpha value is -1.27. The molecule has 0 saturated carbocycles. The lowest BCUT2D eigenvalue weighted by molar-refractivity contribution is -0.135. The molecule has 0 aliphatic heterocycles. The molecular formula is C12H9BrClF2NO2. The van der Waals surface area contributed by atoms with Crippen LogP contribution in [-0.2, 0) is 9.53 Å². The van der Waals surface area contributed by atoms with Gasteiger partial charge in [0.25, 0.3) is 0 Å². The van der Waals surface area contributed by atoms with Gasteiger partial charge in [0.2, 0.25) is 0 Å². The highest BCUT2D eigenvalue weighted by atomic mass is 79.9. The predicted octanol–water partition coefficient (Wildman–Crippen LogP) is 4.08. The zero-order valence-electron chi connectivity index (χ0n) is 9.79. The van der Waals surface area contributed by atoms with Crippen molar-refractivity contribution in [2.75, 3.05) is 7.11 Å². The Balaban J connectivity index is 3.22. The number of methoxy groups -OCH3 is 1. The molecule has 0 aromatic heterocycles. The van der Waals surface area contributed by atoms with Crippen molar-refractivity contribution < 1.29 is 18.3 Å². The number of hydrogen-bond acceptors (Lipinski definition) is 3. The van der Waals surface area contributed by atoms with Crippen LogP contribution in [-0.4, -0.2) is 24.2 Å². The molecule has 0 N–H and O–H groups in total. The van der Waals surface area contributed by atoms with E-state index in [1.54, 1.807) is 12.1 Å². The van der Waals surface area contributed by atoms with Crippen LogP contribution < -0.4 is 0 Å². The summed E-state index contributed by atoms with van der Waals surface area (Å²) >= 11 is 8.13. The largest absolute Gasteiger partial charge is 0.465 e. The third kappa shape index (κ3) is 4.40. The molecule has 0 unspecified atom stereocenters. The molecule has 0 saturated heterocycles. The summed E-state index contributed by atoms with van der Waals surface area (Å²) in [6.45, 7) is 3.23. The van der Waals surface area contributed by atoms with E-state index in [2.05, 4.69) is 32.2 Å². The number of hydrogen-bond donors (Lipinski definition) is 0. The van der Waals surface area contributed by atoms with E-state index in [9.17, 15) is 13.6 Å². The van der Waals surface area contributed by atoms with Crippen molar-refractivity contribution in [1.29, 1.82) is 0 Å². The van der Waals surface area contributed by atoms with Gasteiger partial charge in [-0.05, 0) is 35.9 Å². The summed E-state index contributed by atoms with van der Waals surface area (Å²) in [4.78, 5) is 14.9. The van der Waals surface area contributed by atoms with Crippen molar-refractivity contribution in [2.24, 2.45) is 4.99 Å². The average molecular weight is 353 g/mol. The molecule has 0 atom stereocenters. The van der Waals surface area contributed by atoms with Gasteiger partial charge in [-0.15, -0.1) is 0 Å². The van der Waals surface area contributed by atoms with E-state index in [1.807, 2.05) is 0 Å². The van der Waals surface area contributed by atoms with Crippen molar-refractivity contribution in [1.82, 2.24) is 0 Å². The fourth-order valence-electron chi connectivity index (χ4n) is 1.17. The summed E-state index contributed by atoms with van der Waals surface area (Å²) < 4.78 is 31.6. The summed E-state index contributed by atoms with van der Waals surface area (Å²) in [7, 11) is 1.05. The van der Waals surface area contributed by atoms with Crippen LogP contribution in [0.15, 0.2) is 45.9 Å². The van der Waals surface area contributed by atoms with Crippen LogP contribution in [0, 0.1) is 0 Å². The standard InChI is InChI=1S/C12H9BrClF2NO2/c1-7(11(18)19-2)10(12(14,15)16)17-9-5-3-8(13)4-6-9/h3-6H,1H2,2H3. The number of carbonyl (C=O) groups is 1. The predicted molar refractivity (Wildman–Crippen MR) is 73.2 cm³/mol. The SMILES string of the molecule is C=C(C(=O)OC)C(=Nc1ccc(Br)cc1)C(F)(F)Cl. The number of aliphatic imine (C=N–C) groups is 1. The first-order valence-electron chi connectivity index (χ1n) is 4.94. The van der Waals surface area contributed by atoms with Gasteiger partial charge in [-0.1, -0.05) is 22.5 Å². The van der Waals surface area contributed by atoms with E-state index in [1.165, 1.54) is 12.1 Å². The zero-order valence-corrected chi connectivity index (χ0v) is 12.1. The Morgan fingerprint density at radius 3 is 2.37 bits per heavy atom. The molecular weight excluding hydrogens is 343 g/mol. The Labute approximate surface area is 122 Å².